The van der Waals surface area contributed by atoms with E-state index in [1.54, 1.807) is 17.8 Å². The van der Waals surface area contributed by atoms with Gasteiger partial charge < -0.3 is 9.47 Å². The molecule has 0 fully saturated rings. The van der Waals surface area contributed by atoms with Crippen LogP contribution in [0, 0.1) is 0 Å². The number of hydrogen-bond acceptors (Lipinski definition) is 5. The first-order chi connectivity index (χ1) is 13.7. The molecule has 0 bridgehead atoms. The van der Waals surface area contributed by atoms with E-state index in [1.165, 1.54) is 0 Å². The lowest BCUT2D eigenvalue weighted by molar-refractivity contribution is 0.0821. The molecule has 144 valence electrons. The SMILES string of the molecule is C=CCn1c(SCc2ccc(Cl)cc2Cl)nnc1C1COc2ccccc2O1. The fourth-order valence-corrected chi connectivity index (χ4v) is 4.39. The molecule has 1 aromatic heterocycles. The van der Waals surface area contributed by atoms with E-state index in [4.69, 9.17) is 32.7 Å². The van der Waals surface area contributed by atoms with Crippen molar-refractivity contribution in [2.45, 2.75) is 23.6 Å². The third kappa shape index (κ3) is 3.99. The molecule has 0 radical (unpaired) electrons. The minimum Gasteiger partial charge on any atom is -0.485 e. The maximum Gasteiger partial charge on any atom is 0.192 e. The fourth-order valence-electron chi connectivity index (χ4n) is 2.87. The van der Waals surface area contributed by atoms with E-state index in [0.717, 1.165) is 16.5 Å². The summed E-state index contributed by atoms with van der Waals surface area (Å²) in [7, 11) is 0. The van der Waals surface area contributed by atoms with Crippen molar-refractivity contribution in [3.63, 3.8) is 0 Å². The molecule has 28 heavy (non-hydrogen) atoms. The predicted octanol–water partition coefficient (Wildman–Crippen LogP) is 5.58. The van der Waals surface area contributed by atoms with Gasteiger partial charge >= 0.3 is 0 Å². The van der Waals surface area contributed by atoms with E-state index < -0.39 is 0 Å². The Balaban J connectivity index is 1.55. The Kier molecular flexibility index (Phi) is 5.80. The highest BCUT2D eigenvalue weighted by Crippen LogP contribution is 2.36. The monoisotopic (exact) mass is 433 g/mol. The van der Waals surface area contributed by atoms with Gasteiger partial charge in [0.2, 0.25) is 0 Å². The zero-order valence-corrected chi connectivity index (χ0v) is 17.2. The molecule has 0 amide bonds. The summed E-state index contributed by atoms with van der Waals surface area (Å²) in [6.07, 6.45) is 1.47. The summed E-state index contributed by atoms with van der Waals surface area (Å²) in [5.74, 6) is 2.80. The van der Waals surface area contributed by atoms with E-state index in [9.17, 15) is 0 Å². The highest BCUT2D eigenvalue weighted by atomic mass is 35.5. The second kappa shape index (κ2) is 8.47. The van der Waals surface area contributed by atoms with Crippen molar-refractivity contribution in [1.82, 2.24) is 14.8 Å². The molecule has 0 saturated heterocycles. The van der Waals surface area contributed by atoms with Crippen molar-refractivity contribution in [2.24, 2.45) is 0 Å². The van der Waals surface area contributed by atoms with Gasteiger partial charge in [0.15, 0.2) is 28.6 Å². The Hall–Kier alpha value is -2.15. The number of hydrogen-bond donors (Lipinski definition) is 0. The molecule has 4 rings (SSSR count). The van der Waals surface area contributed by atoms with Crippen molar-refractivity contribution in [3.05, 3.63) is 76.6 Å². The fraction of sp³-hybridized carbons (Fsp3) is 0.200. The van der Waals surface area contributed by atoms with Crippen LogP contribution in [0.1, 0.15) is 17.5 Å². The van der Waals surface area contributed by atoms with Crippen LogP contribution >= 0.6 is 35.0 Å². The lowest BCUT2D eigenvalue weighted by atomic mass is 10.2. The summed E-state index contributed by atoms with van der Waals surface area (Å²) in [5, 5.41) is 10.7. The Labute approximate surface area is 177 Å². The molecule has 2 heterocycles. The van der Waals surface area contributed by atoms with Crippen LogP contribution in [-0.2, 0) is 12.3 Å². The molecule has 1 unspecified atom stereocenters. The van der Waals surface area contributed by atoms with Crippen molar-refractivity contribution in [1.29, 1.82) is 0 Å². The van der Waals surface area contributed by atoms with Gasteiger partial charge in [-0.2, -0.15) is 0 Å². The van der Waals surface area contributed by atoms with Crippen LogP contribution in [0.15, 0.2) is 60.3 Å². The number of benzene rings is 2. The molecule has 5 nitrogen and oxygen atoms in total. The molecular weight excluding hydrogens is 417 g/mol. The Morgan fingerprint density at radius 3 is 2.79 bits per heavy atom. The van der Waals surface area contributed by atoms with Crippen LogP contribution in [0.4, 0.5) is 0 Å². The van der Waals surface area contributed by atoms with E-state index in [1.807, 2.05) is 47.0 Å². The Morgan fingerprint density at radius 2 is 2.00 bits per heavy atom. The molecule has 0 saturated carbocycles. The van der Waals surface area contributed by atoms with Crippen LogP contribution < -0.4 is 9.47 Å². The summed E-state index contributed by atoms with van der Waals surface area (Å²) in [4.78, 5) is 0. The van der Waals surface area contributed by atoms with Gasteiger partial charge in [-0.3, -0.25) is 4.57 Å². The quantitative estimate of drug-likeness (QED) is 0.375. The number of halogens is 2. The summed E-state index contributed by atoms with van der Waals surface area (Å²) < 4.78 is 13.9. The highest BCUT2D eigenvalue weighted by molar-refractivity contribution is 7.98. The Morgan fingerprint density at radius 1 is 1.18 bits per heavy atom. The number of thioether (sulfide) groups is 1. The van der Waals surface area contributed by atoms with Crippen molar-refractivity contribution in [3.8, 4) is 11.5 Å². The van der Waals surface area contributed by atoms with Crippen LogP contribution in [0.2, 0.25) is 10.0 Å². The molecule has 1 aliphatic rings. The van der Waals surface area contributed by atoms with Crippen LogP contribution in [0.5, 0.6) is 11.5 Å². The number of nitrogens with zero attached hydrogens (tertiary/aromatic N) is 3. The second-order valence-electron chi connectivity index (χ2n) is 6.13. The van der Waals surface area contributed by atoms with Gasteiger partial charge in [-0.25, -0.2) is 0 Å². The zero-order chi connectivity index (χ0) is 19.5. The number of para-hydroxylation sites is 2. The highest BCUT2D eigenvalue weighted by Gasteiger charge is 2.28. The summed E-state index contributed by atoms with van der Waals surface area (Å²) in [6.45, 7) is 4.79. The first-order valence-electron chi connectivity index (χ1n) is 8.65. The molecule has 0 N–H and O–H groups in total. The van der Waals surface area contributed by atoms with E-state index in [2.05, 4.69) is 16.8 Å². The first-order valence-corrected chi connectivity index (χ1v) is 10.4. The average molecular weight is 434 g/mol. The first kappa shape index (κ1) is 19.2. The minimum absolute atomic E-state index is 0.337. The molecule has 1 aliphatic heterocycles. The maximum atomic E-state index is 6.28. The smallest absolute Gasteiger partial charge is 0.192 e. The van der Waals surface area contributed by atoms with E-state index >= 15 is 0 Å². The average Bonchev–Trinajstić information content (AvgIpc) is 3.10. The summed E-state index contributed by atoms with van der Waals surface area (Å²) in [6, 6.07) is 13.1. The molecule has 0 aliphatic carbocycles. The van der Waals surface area contributed by atoms with Gasteiger partial charge in [0, 0.05) is 22.3 Å². The topological polar surface area (TPSA) is 49.2 Å². The van der Waals surface area contributed by atoms with Gasteiger partial charge in [-0.05, 0) is 29.8 Å². The third-order valence-electron chi connectivity index (χ3n) is 4.23. The molecule has 3 aromatic rings. The van der Waals surface area contributed by atoms with Crippen LogP contribution in [0.3, 0.4) is 0 Å². The molecular formula is C20H17Cl2N3O2S. The Bertz CT molecular complexity index is 1010. The van der Waals surface area contributed by atoms with Crippen molar-refractivity contribution < 1.29 is 9.47 Å². The van der Waals surface area contributed by atoms with Crippen LogP contribution in [0.25, 0.3) is 0 Å². The van der Waals surface area contributed by atoms with Gasteiger partial charge in [0.25, 0.3) is 0 Å². The van der Waals surface area contributed by atoms with Gasteiger partial charge in [-0.15, -0.1) is 16.8 Å². The summed E-state index contributed by atoms with van der Waals surface area (Å²) in [5.41, 5.74) is 0.983. The van der Waals surface area contributed by atoms with Gasteiger partial charge in [0.05, 0.1) is 0 Å². The second-order valence-corrected chi connectivity index (χ2v) is 7.91. The normalized spacial score (nSPS) is 15.4. The van der Waals surface area contributed by atoms with Crippen molar-refractivity contribution >= 4 is 35.0 Å². The minimum atomic E-state index is -0.337. The zero-order valence-electron chi connectivity index (χ0n) is 14.8. The number of aromatic nitrogens is 3. The maximum absolute atomic E-state index is 6.28. The standard InChI is InChI=1S/C20H17Cl2N3O2S/c1-2-9-25-19(18-11-26-16-5-3-4-6-17(16)27-18)23-24-20(25)28-12-13-7-8-14(21)10-15(13)22/h2-8,10,18H,1,9,11-12H2. The predicted molar refractivity (Wildman–Crippen MR) is 112 cm³/mol. The number of ether oxygens (including phenoxy) is 2. The van der Waals surface area contributed by atoms with Gasteiger partial charge in [0.1, 0.15) is 6.61 Å². The third-order valence-corrected chi connectivity index (χ3v) is 5.83. The molecule has 1 atom stereocenters. The number of allylic oxidation sites excluding steroid dienone is 1. The van der Waals surface area contributed by atoms with Gasteiger partial charge in [-0.1, -0.05) is 59.2 Å². The van der Waals surface area contributed by atoms with E-state index in [-0.39, 0.29) is 6.10 Å². The molecule has 2 aromatic carbocycles. The van der Waals surface area contributed by atoms with E-state index in [0.29, 0.717) is 40.5 Å². The lowest BCUT2D eigenvalue weighted by Crippen LogP contribution is -2.25. The summed E-state index contributed by atoms with van der Waals surface area (Å²) >= 11 is 13.8. The molecule has 8 heteroatoms. The lowest BCUT2D eigenvalue weighted by Gasteiger charge is -2.26. The van der Waals surface area contributed by atoms with Crippen LogP contribution in [-0.4, -0.2) is 21.4 Å². The molecule has 0 spiro atoms. The van der Waals surface area contributed by atoms with Crippen molar-refractivity contribution in [2.75, 3.05) is 6.61 Å². The largest absolute Gasteiger partial charge is 0.485 e. The number of rotatable bonds is 6. The number of fused-ring (bicyclic) bond motifs is 1.